The summed E-state index contributed by atoms with van der Waals surface area (Å²) in [5.74, 6) is 1.06. The summed E-state index contributed by atoms with van der Waals surface area (Å²) < 4.78 is 32.9. The molecule has 1 aliphatic rings. The van der Waals surface area contributed by atoms with Crippen molar-refractivity contribution >= 4 is 15.9 Å². The molecular weight excluding hydrogens is 364 g/mol. The summed E-state index contributed by atoms with van der Waals surface area (Å²) in [6.45, 7) is 5.24. The van der Waals surface area contributed by atoms with Gasteiger partial charge in [0.05, 0.1) is 5.75 Å². The first-order valence-electron chi connectivity index (χ1n) is 9.21. The number of likely N-dealkylation sites (tertiary alicyclic amines) is 1. The number of amides is 1. The first kappa shape index (κ1) is 19.6. The van der Waals surface area contributed by atoms with Gasteiger partial charge in [-0.05, 0) is 44.2 Å². The number of furan rings is 1. The Kier molecular flexibility index (Phi) is 6.01. The van der Waals surface area contributed by atoms with Crippen molar-refractivity contribution < 1.29 is 17.6 Å². The Bertz CT molecular complexity index is 890. The van der Waals surface area contributed by atoms with Crippen molar-refractivity contribution in [3.63, 3.8) is 0 Å². The molecule has 27 heavy (non-hydrogen) atoms. The predicted molar refractivity (Wildman–Crippen MR) is 104 cm³/mol. The summed E-state index contributed by atoms with van der Waals surface area (Å²) in [5, 5.41) is 0. The maximum absolute atomic E-state index is 12.7. The van der Waals surface area contributed by atoms with E-state index in [0.717, 1.165) is 29.7 Å². The lowest BCUT2D eigenvalue weighted by atomic mass is 9.98. The standard InChI is InChI=1S/C20H26N2O4S/c1-15-11-16(2)26-19(15)20(23)22-10-6-9-18(13-22)12-21-27(24,25)14-17-7-4-3-5-8-17/h3-5,7-8,11,18,21H,6,9-10,12-14H2,1-2H3/t18-/m1/s1. The minimum absolute atomic E-state index is 0.0337. The number of nitrogens with one attached hydrogen (secondary N) is 1. The van der Waals surface area contributed by atoms with Crippen molar-refractivity contribution in [2.45, 2.75) is 32.4 Å². The molecule has 0 unspecified atom stereocenters. The summed E-state index contributed by atoms with van der Waals surface area (Å²) in [4.78, 5) is 14.5. The zero-order valence-corrected chi connectivity index (χ0v) is 16.6. The van der Waals surface area contributed by atoms with Crippen LogP contribution >= 0.6 is 0 Å². The number of aryl methyl sites for hydroxylation is 2. The van der Waals surface area contributed by atoms with Gasteiger partial charge in [0.1, 0.15) is 5.76 Å². The molecular formula is C20H26N2O4S. The van der Waals surface area contributed by atoms with E-state index >= 15 is 0 Å². The van der Waals surface area contributed by atoms with Crippen LogP contribution in [0.3, 0.4) is 0 Å². The highest BCUT2D eigenvalue weighted by Crippen LogP contribution is 2.21. The van der Waals surface area contributed by atoms with Crippen LogP contribution in [0.4, 0.5) is 0 Å². The molecule has 3 rings (SSSR count). The molecule has 1 fully saturated rings. The molecule has 1 aliphatic heterocycles. The fourth-order valence-corrected chi connectivity index (χ4v) is 4.73. The van der Waals surface area contributed by atoms with Gasteiger partial charge >= 0.3 is 0 Å². The Labute approximate surface area is 160 Å². The van der Waals surface area contributed by atoms with E-state index in [0.29, 0.717) is 25.4 Å². The van der Waals surface area contributed by atoms with E-state index in [1.807, 2.05) is 38.1 Å². The third-order valence-corrected chi connectivity index (χ3v) is 6.15. The molecule has 0 spiro atoms. The van der Waals surface area contributed by atoms with Crippen molar-refractivity contribution in [2.75, 3.05) is 19.6 Å². The van der Waals surface area contributed by atoms with Crippen molar-refractivity contribution in [3.05, 3.63) is 59.0 Å². The first-order chi connectivity index (χ1) is 12.8. The molecule has 146 valence electrons. The molecule has 1 N–H and O–H groups in total. The highest BCUT2D eigenvalue weighted by molar-refractivity contribution is 7.88. The number of rotatable bonds is 6. The lowest BCUT2D eigenvalue weighted by Crippen LogP contribution is -2.43. The third kappa shape index (κ3) is 5.20. The molecule has 2 heterocycles. The van der Waals surface area contributed by atoms with Gasteiger partial charge in [-0.1, -0.05) is 30.3 Å². The van der Waals surface area contributed by atoms with Crippen LogP contribution in [0.2, 0.25) is 0 Å². The molecule has 0 radical (unpaired) electrons. The number of carbonyl (C=O) groups is 1. The van der Waals surface area contributed by atoms with Gasteiger partial charge in [0.15, 0.2) is 5.76 Å². The van der Waals surface area contributed by atoms with Crippen LogP contribution in [-0.4, -0.2) is 38.9 Å². The second-order valence-electron chi connectivity index (χ2n) is 7.22. The molecule has 1 aromatic carbocycles. The fourth-order valence-electron chi connectivity index (χ4n) is 3.50. The molecule has 7 heteroatoms. The van der Waals surface area contributed by atoms with Crippen LogP contribution in [0.15, 0.2) is 40.8 Å². The molecule has 1 amide bonds. The number of sulfonamides is 1. The molecule has 6 nitrogen and oxygen atoms in total. The quantitative estimate of drug-likeness (QED) is 0.822. The zero-order chi connectivity index (χ0) is 19.4. The summed E-state index contributed by atoms with van der Waals surface area (Å²) in [6.07, 6.45) is 1.75. The summed E-state index contributed by atoms with van der Waals surface area (Å²) in [6, 6.07) is 11.0. The Morgan fingerprint density at radius 2 is 2.00 bits per heavy atom. The minimum atomic E-state index is -3.40. The topological polar surface area (TPSA) is 79.6 Å². The number of carbonyl (C=O) groups excluding carboxylic acids is 1. The van der Waals surface area contributed by atoms with E-state index in [1.165, 1.54) is 0 Å². The minimum Gasteiger partial charge on any atom is -0.456 e. The van der Waals surface area contributed by atoms with E-state index in [-0.39, 0.29) is 17.6 Å². The average Bonchev–Trinajstić information content (AvgIpc) is 2.98. The van der Waals surface area contributed by atoms with Gasteiger partial charge in [-0.25, -0.2) is 13.1 Å². The normalized spacial score (nSPS) is 17.9. The van der Waals surface area contributed by atoms with Crippen LogP contribution in [0.5, 0.6) is 0 Å². The molecule has 0 aliphatic carbocycles. The first-order valence-corrected chi connectivity index (χ1v) is 10.9. The Morgan fingerprint density at radius 3 is 2.67 bits per heavy atom. The Hall–Kier alpha value is -2.12. The van der Waals surface area contributed by atoms with Crippen LogP contribution in [0.1, 0.15) is 40.3 Å². The van der Waals surface area contributed by atoms with Crippen LogP contribution < -0.4 is 4.72 Å². The van der Waals surface area contributed by atoms with Gasteiger partial charge in [-0.2, -0.15) is 0 Å². The Morgan fingerprint density at radius 1 is 1.26 bits per heavy atom. The summed E-state index contributed by atoms with van der Waals surface area (Å²) >= 11 is 0. The zero-order valence-electron chi connectivity index (χ0n) is 15.8. The SMILES string of the molecule is Cc1cc(C)c(C(=O)N2CCC[C@H](CNS(=O)(=O)Cc3ccccc3)C2)o1. The van der Waals surface area contributed by atoms with Crippen LogP contribution in [-0.2, 0) is 15.8 Å². The number of hydrogen-bond acceptors (Lipinski definition) is 4. The molecule has 1 aromatic heterocycles. The van der Waals surface area contributed by atoms with Crippen LogP contribution in [0, 0.1) is 19.8 Å². The summed E-state index contributed by atoms with van der Waals surface area (Å²) in [5.41, 5.74) is 1.59. The maximum Gasteiger partial charge on any atom is 0.289 e. The fraction of sp³-hybridized carbons (Fsp3) is 0.450. The van der Waals surface area contributed by atoms with Gasteiger partial charge in [-0.3, -0.25) is 4.79 Å². The largest absolute Gasteiger partial charge is 0.456 e. The lowest BCUT2D eigenvalue weighted by Gasteiger charge is -2.32. The predicted octanol–water partition coefficient (Wildman–Crippen LogP) is 2.87. The van der Waals surface area contributed by atoms with Gasteiger partial charge < -0.3 is 9.32 Å². The Balaban J connectivity index is 1.57. The molecule has 0 bridgehead atoms. The van der Waals surface area contributed by atoms with Gasteiger partial charge in [0.2, 0.25) is 10.0 Å². The summed E-state index contributed by atoms with van der Waals surface area (Å²) in [7, 11) is -3.40. The van der Waals surface area contributed by atoms with E-state index in [2.05, 4.69) is 4.72 Å². The van der Waals surface area contributed by atoms with Crippen molar-refractivity contribution in [1.82, 2.24) is 9.62 Å². The highest BCUT2D eigenvalue weighted by Gasteiger charge is 2.28. The smallest absolute Gasteiger partial charge is 0.289 e. The lowest BCUT2D eigenvalue weighted by molar-refractivity contribution is 0.0642. The van der Waals surface area contributed by atoms with E-state index in [1.54, 1.807) is 17.0 Å². The highest BCUT2D eigenvalue weighted by atomic mass is 32.2. The molecule has 1 saturated heterocycles. The molecule has 2 aromatic rings. The van der Waals surface area contributed by atoms with Crippen molar-refractivity contribution in [3.8, 4) is 0 Å². The maximum atomic E-state index is 12.7. The van der Waals surface area contributed by atoms with E-state index in [4.69, 9.17) is 4.42 Å². The van der Waals surface area contributed by atoms with E-state index in [9.17, 15) is 13.2 Å². The van der Waals surface area contributed by atoms with E-state index < -0.39 is 10.0 Å². The second kappa shape index (κ2) is 8.27. The van der Waals surface area contributed by atoms with Crippen molar-refractivity contribution in [2.24, 2.45) is 5.92 Å². The second-order valence-corrected chi connectivity index (χ2v) is 9.03. The number of piperidine rings is 1. The third-order valence-electron chi connectivity index (χ3n) is 4.83. The molecule has 0 saturated carbocycles. The van der Waals surface area contributed by atoms with Gasteiger partial charge in [0.25, 0.3) is 5.91 Å². The number of nitrogens with zero attached hydrogens (tertiary/aromatic N) is 1. The molecule has 1 atom stereocenters. The van der Waals surface area contributed by atoms with Gasteiger partial charge in [-0.15, -0.1) is 0 Å². The number of benzene rings is 1. The monoisotopic (exact) mass is 390 g/mol. The van der Waals surface area contributed by atoms with Gasteiger partial charge in [0, 0.05) is 25.2 Å². The van der Waals surface area contributed by atoms with Crippen molar-refractivity contribution in [1.29, 1.82) is 0 Å². The number of hydrogen-bond donors (Lipinski definition) is 1. The average molecular weight is 391 g/mol. The van der Waals surface area contributed by atoms with Crippen LogP contribution in [0.25, 0.3) is 0 Å².